The maximum atomic E-state index is 14.6. The van der Waals surface area contributed by atoms with Gasteiger partial charge in [-0.15, -0.1) is 0 Å². The van der Waals surface area contributed by atoms with Gasteiger partial charge in [-0.1, -0.05) is 17.7 Å². The predicted octanol–water partition coefficient (Wildman–Crippen LogP) is 4.76. The van der Waals surface area contributed by atoms with E-state index >= 15 is 0 Å². The van der Waals surface area contributed by atoms with Crippen molar-refractivity contribution in [2.45, 2.75) is 0 Å². The van der Waals surface area contributed by atoms with Crippen LogP contribution in [0.5, 0.6) is 0 Å². The smallest absolute Gasteiger partial charge is 0.258 e. The summed E-state index contributed by atoms with van der Waals surface area (Å²) in [5.41, 5.74) is 0.412. The number of nitrogens with zero attached hydrogens (tertiary/aromatic N) is 1. The summed E-state index contributed by atoms with van der Waals surface area (Å²) in [6, 6.07) is 13.5. The summed E-state index contributed by atoms with van der Waals surface area (Å²) in [4.78, 5) is 27.1. The molecule has 1 aliphatic heterocycles. The summed E-state index contributed by atoms with van der Waals surface area (Å²) >= 11 is 5.83. The monoisotopic (exact) mass is 454 g/mol. The van der Waals surface area contributed by atoms with E-state index in [4.69, 9.17) is 17.0 Å². The first-order valence-corrected chi connectivity index (χ1v) is 10.0. The fraction of sp³-hybridized carbons (Fsp3) is 0.0870. The molecule has 1 aliphatic rings. The minimum Gasteiger partial charge on any atom is -0.353 e. The molecule has 2 amide bonds. The van der Waals surface area contributed by atoms with Crippen LogP contribution in [0.3, 0.4) is 0 Å². The third kappa shape index (κ3) is 4.76. The van der Waals surface area contributed by atoms with Crippen LogP contribution in [0.1, 0.15) is 26.3 Å². The lowest BCUT2D eigenvalue weighted by atomic mass is 10.1. The Balaban J connectivity index is 1.55. The van der Waals surface area contributed by atoms with Crippen molar-refractivity contribution >= 4 is 40.6 Å². The van der Waals surface area contributed by atoms with Gasteiger partial charge in [0.05, 0.1) is 16.8 Å². The molecule has 6 nitrogen and oxygen atoms in total. The lowest BCUT2D eigenvalue weighted by Gasteiger charge is -2.13. The highest BCUT2D eigenvalue weighted by atomic mass is 35.5. The average molecular weight is 455 g/mol. The van der Waals surface area contributed by atoms with Crippen molar-refractivity contribution in [3.8, 4) is 0 Å². The van der Waals surface area contributed by atoms with E-state index in [9.17, 15) is 18.4 Å². The van der Waals surface area contributed by atoms with Gasteiger partial charge in [0.2, 0.25) is 0 Å². The van der Waals surface area contributed by atoms with Crippen LogP contribution in [0.4, 0.5) is 20.2 Å². The summed E-state index contributed by atoms with van der Waals surface area (Å²) in [5.74, 6) is -2.76. The normalized spacial score (nSPS) is 12.3. The van der Waals surface area contributed by atoms with Gasteiger partial charge in [-0.2, -0.15) is 0 Å². The summed E-state index contributed by atoms with van der Waals surface area (Å²) in [5, 5.41) is 13.5. The second kappa shape index (κ2) is 8.76. The molecule has 0 spiro atoms. The molecule has 3 aromatic rings. The van der Waals surface area contributed by atoms with Crippen LogP contribution < -0.4 is 10.6 Å². The standard InChI is InChI=1S/C23H17ClF2N4O2/c24-14-2-5-16(6-3-14)28-23(32)18-12-15(25)4-8-20(18)29-22(31)17-7-1-13(11-19(17)26)21(27)30-9-10-30/h1-8,11-12,27H,9-10H2,(H,28,32)(H,29,31). The minimum atomic E-state index is -0.806. The van der Waals surface area contributed by atoms with Crippen LogP contribution in [-0.2, 0) is 0 Å². The number of rotatable bonds is 5. The first-order chi connectivity index (χ1) is 15.3. The van der Waals surface area contributed by atoms with Crippen LogP contribution in [0, 0.1) is 17.0 Å². The van der Waals surface area contributed by atoms with Crippen molar-refractivity contribution < 1.29 is 18.4 Å². The number of hydrogen-bond donors (Lipinski definition) is 3. The van der Waals surface area contributed by atoms with Crippen molar-refractivity contribution in [3.05, 3.63) is 94.0 Å². The Hall–Kier alpha value is -3.78. The maximum absolute atomic E-state index is 14.6. The molecule has 0 atom stereocenters. The number of hydrogen-bond acceptors (Lipinski definition) is 3. The molecule has 0 radical (unpaired) electrons. The van der Waals surface area contributed by atoms with E-state index in [0.717, 1.165) is 31.3 Å². The molecule has 3 N–H and O–H groups in total. The lowest BCUT2D eigenvalue weighted by Crippen LogP contribution is -2.20. The van der Waals surface area contributed by atoms with E-state index in [1.54, 1.807) is 29.2 Å². The summed E-state index contributed by atoms with van der Waals surface area (Å²) < 4.78 is 28.4. The van der Waals surface area contributed by atoms with Crippen LogP contribution >= 0.6 is 11.6 Å². The molecule has 3 aromatic carbocycles. The van der Waals surface area contributed by atoms with E-state index in [1.807, 2.05) is 0 Å². The first-order valence-electron chi connectivity index (χ1n) is 9.63. The van der Waals surface area contributed by atoms with Crippen LogP contribution in [-0.4, -0.2) is 35.6 Å². The summed E-state index contributed by atoms with van der Waals surface area (Å²) in [6.07, 6.45) is 0. The fourth-order valence-electron chi connectivity index (χ4n) is 3.04. The third-order valence-corrected chi connectivity index (χ3v) is 5.08. The number of amidine groups is 1. The Bertz CT molecular complexity index is 1230. The number of carbonyl (C=O) groups excluding carboxylic acids is 2. The average Bonchev–Trinajstić information content (AvgIpc) is 3.61. The van der Waals surface area contributed by atoms with Gasteiger partial charge in [0, 0.05) is 29.4 Å². The zero-order valence-corrected chi connectivity index (χ0v) is 17.3. The Kier molecular flexibility index (Phi) is 5.87. The number of nitrogens with one attached hydrogen (secondary N) is 3. The molecule has 1 heterocycles. The molecule has 0 bridgehead atoms. The molecule has 1 fully saturated rings. The number of benzene rings is 3. The maximum Gasteiger partial charge on any atom is 0.258 e. The highest BCUT2D eigenvalue weighted by Gasteiger charge is 2.24. The van der Waals surface area contributed by atoms with E-state index in [-0.39, 0.29) is 22.6 Å². The number of amides is 2. The Morgan fingerprint density at radius 3 is 2.22 bits per heavy atom. The predicted molar refractivity (Wildman–Crippen MR) is 119 cm³/mol. The molecular weight excluding hydrogens is 438 g/mol. The largest absolute Gasteiger partial charge is 0.353 e. The molecule has 4 rings (SSSR count). The topological polar surface area (TPSA) is 85.1 Å². The lowest BCUT2D eigenvalue weighted by molar-refractivity contribution is 0.102. The minimum absolute atomic E-state index is 0.0168. The van der Waals surface area contributed by atoms with Gasteiger partial charge in [-0.3, -0.25) is 15.0 Å². The van der Waals surface area contributed by atoms with Gasteiger partial charge in [0.1, 0.15) is 17.5 Å². The number of carbonyl (C=O) groups is 2. The van der Waals surface area contributed by atoms with Gasteiger partial charge in [-0.05, 0) is 54.6 Å². The zero-order chi connectivity index (χ0) is 22.8. The van der Waals surface area contributed by atoms with Crippen LogP contribution in [0.25, 0.3) is 0 Å². The summed E-state index contributed by atoms with van der Waals surface area (Å²) in [6.45, 7) is 1.49. The van der Waals surface area contributed by atoms with Gasteiger partial charge >= 0.3 is 0 Å². The molecule has 32 heavy (non-hydrogen) atoms. The molecule has 0 aromatic heterocycles. The number of halogens is 3. The summed E-state index contributed by atoms with van der Waals surface area (Å²) in [7, 11) is 0. The Morgan fingerprint density at radius 2 is 1.56 bits per heavy atom. The zero-order valence-electron chi connectivity index (χ0n) is 16.6. The van der Waals surface area contributed by atoms with Crippen LogP contribution in [0.2, 0.25) is 5.02 Å². The van der Waals surface area contributed by atoms with Crippen molar-refractivity contribution in [1.29, 1.82) is 5.41 Å². The molecule has 0 saturated carbocycles. The highest BCUT2D eigenvalue weighted by molar-refractivity contribution is 6.30. The molecule has 1 saturated heterocycles. The second-order valence-corrected chi connectivity index (χ2v) is 7.57. The van der Waals surface area contributed by atoms with Crippen LogP contribution in [0.15, 0.2) is 60.7 Å². The van der Waals surface area contributed by atoms with Gasteiger partial charge in [0.15, 0.2) is 0 Å². The Labute approximate surface area is 187 Å². The third-order valence-electron chi connectivity index (χ3n) is 4.83. The van der Waals surface area contributed by atoms with E-state index in [0.29, 0.717) is 16.3 Å². The van der Waals surface area contributed by atoms with Gasteiger partial charge in [-0.25, -0.2) is 8.78 Å². The van der Waals surface area contributed by atoms with E-state index in [2.05, 4.69) is 10.6 Å². The highest BCUT2D eigenvalue weighted by Crippen LogP contribution is 2.22. The molecule has 162 valence electrons. The first kappa shape index (κ1) is 21.5. The van der Waals surface area contributed by atoms with E-state index < -0.39 is 23.4 Å². The van der Waals surface area contributed by atoms with Gasteiger partial charge < -0.3 is 15.5 Å². The SMILES string of the molecule is N=C(c1ccc(C(=O)Nc2ccc(F)cc2C(=O)Nc2ccc(Cl)cc2)c(F)c1)N1CC1. The van der Waals surface area contributed by atoms with E-state index in [1.165, 1.54) is 18.2 Å². The Morgan fingerprint density at radius 1 is 0.875 bits per heavy atom. The van der Waals surface area contributed by atoms with Crippen molar-refractivity contribution in [2.24, 2.45) is 0 Å². The molecule has 9 heteroatoms. The number of anilines is 2. The fourth-order valence-corrected chi connectivity index (χ4v) is 3.16. The molecular formula is C23H17ClF2N4O2. The van der Waals surface area contributed by atoms with Gasteiger partial charge in [0.25, 0.3) is 11.8 Å². The second-order valence-electron chi connectivity index (χ2n) is 7.14. The molecule has 0 unspecified atom stereocenters. The molecule has 0 aliphatic carbocycles. The van der Waals surface area contributed by atoms with Crippen molar-refractivity contribution in [3.63, 3.8) is 0 Å². The van der Waals surface area contributed by atoms with Crippen molar-refractivity contribution in [2.75, 3.05) is 23.7 Å². The van der Waals surface area contributed by atoms with Crippen molar-refractivity contribution in [1.82, 2.24) is 4.90 Å². The quantitative estimate of drug-likeness (QED) is 0.295.